The van der Waals surface area contributed by atoms with E-state index in [9.17, 15) is 55.5 Å². The highest BCUT2D eigenvalue weighted by atomic mass is 16.7. The molecule has 0 saturated carbocycles. The molecule has 9 N–H and O–H groups in total. The fourth-order valence-corrected chi connectivity index (χ4v) is 5.00. The number of aliphatic hydroxyl groups excluding tert-OH is 6. The molecule has 0 bridgehead atoms. The largest absolute Gasteiger partial charge is 0.507 e. The van der Waals surface area contributed by atoms with Gasteiger partial charge in [-0.3, -0.25) is 9.59 Å². The average molecular weight is 653 g/mol. The first kappa shape index (κ1) is 33.2. The number of esters is 1. The lowest BCUT2D eigenvalue weighted by atomic mass is 9.99. The monoisotopic (exact) mass is 652 g/mol. The third-order valence-corrected chi connectivity index (χ3v) is 7.56. The van der Waals surface area contributed by atoms with Gasteiger partial charge in [-0.15, -0.1) is 0 Å². The topological polar surface area (TPSA) is 275 Å². The lowest BCUT2D eigenvalue weighted by molar-refractivity contribution is -0.278. The van der Waals surface area contributed by atoms with Crippen LogP contribution >= 0.6 is 0 Å². The van der Waals surface area contributed by atoms with Crippen LogP contribution in [0.3, 0.4) is 0 Å². The van der Waals surface area contributed by atoms with Crippen LogP contribution in [0.2, 0.25) is 0 Å². The number of ether oxygens (including phenoxy) is 5. The lowest BCUT2D eigenvalue weighted by Gasteiger charge is -2.39. The molecule has 3 aromatic rings. The average Bonchev–Trinajstić information content (AvgIpc) is 3.00. The van der Waals surface area contributed by atoms with Crippen LogP contribution in [0.5, 0.6) is 28.7 Å². The highest BCUT2D eigenvalue weighted by Crippen LogP contribution is 2.40. The Morgan fingerprint density at radius 2 is 1.43 bits per heavy atom. The van der Waals surface area contributed by atoms with E-state index in [-0.39, 0.29) is 16.9 Å². The minimum atomic E-state index is -1.96. The zero-order valence-electron chi connectivity index (χ0n) is 24.2. The molecule has 250 valence electrons. The van der Waals surface area contributed by atoms with E-state index in [0.29, 0.717) is 0 Å². The van der Waals surface area contributed by atoms with Crippen molar-refractivity contribution < 1.29 is 78.9 Å². The molecule has 46 heavy (non-hydrogen) atoms. The highest BCUT2D eigenvalue weighted by Gasteiger charge is 2.46. The van der Waals surface area contributed by atoms with E-state index in [0.717, 1.165) is 31.2 Å². The van der Waals surface area contributed by atoms with Crippen LogP contribution in [0.15, 0.2) is 39.5 Å². The van der Waals surface area contributed by atoms with Gasteiger partial charge < -0.3 is 74.1 Å². The van der Waals surface area contributed by atoms with Gasteiger partial charge in [0.1, 0.15) is 71.8 Å². The highest BCUT2D eigenvalue weighted by molar-refractivity contribution is 5.88. The van der Waals surface area contributed by atoms with Crippen molar-refractivity contribution in [1.29, 1.82) is 0 Å². The van der Waals surface area contributed by atoms with Gasteiger partial charge >= 0.3 is 5.97 Å². The Hall–Kier alpha value is -4.20. The van der Waals surface area contributed by atoms with Gasteiger partial charge in [-0.2, -0.15) is 0 Å². The van der Waals surface area contributed by atoms with E-state index in [2.05, 4.69) is 0 Å². The minimum absolute atomic E-state index is 0.0607. The molecule has 3 heterocycles. The van der Waals surface area contributed by atoms with Gasteiger partial charge in [0.2, 0.25) is 23.8 Å². The third-order valence-electron chi connectivity index (χ3n) is 7.56. The number of aromatic hydroxyl groups is 3. The van der Waals surface area contributed by atoms with Crippen LogP contribution in [-0.2, 0) is 19.0 Å². The van der Waals surface area contributed by atoms with Crippen molar-refractivity contribution >= 4 is 16.9 Å². The van der Waals surface area contributed by atoms with Crippen molar-refractivity contribution in [3.8, 4) is 40.1 Å². The van der Waals surface area contributed by atoms with Crippen LogP contribution < -0.4 is 14.9 Å². The minimum Gasteiger partial charge on any atom is -0.507 e. The Labute approximate surface area is 258 Å². The molecule has 0 radical (unpaired) electrons. The molecule has 0 aliphatic carbocycles. The Bertz CT molecular complexity index is 1650. The molecule has 10 atom stereocenters. The summed E-state index contributed by atoms with van der Waals surface area (Å²) in [5.74, 6) is -3.96. The van der Waals surface area contributed by atoms with Crippen molar-refractivity contribution in [3.05, 3.63) is 40.6 Å². The van der Waals surface area contributed by atoms with E-state index in [1.54, 1.807) is 0 Å². The van der Waals surface area contributed by atoms with Crippen LogP contribution in [0.4, 0.5) is 0 Å². The van der Waals surface area contributed by atoms with Gasteiger partial charge in [-0.05, 0) is 25.1 Å². The zero-order valence-corrected chi connectivity index (χ0v) is 24.2. The van der Waals surface area contributed by atoms with E-state index in [1.165, 1.54) is 13.0 Å². The van der Waals surface area contributed by atoms with Crippen molar-refractivity contribution in [2.45, 2.75) is 75.3 Å². The molecule has 1 aromatic heterocycles. The predicted molar refractivity (Wildman–Crippen MR) is 150 cm³/mol. The van der Waals surface area contributed by atoms with Gasteiger partial charge in [-0.25, -0.2) is 0 Å². The number of carbonyl (C=O) groups is 1. The van der Waals surface area contributed by atoms with Gasteiger partial charge in [-0.1, -0.05) is 0 Å². The summed E-state index contributed by atoms with van der Waals surface area (Å²) in [6.45, 7) is 1.97. The van der Waals surface area contributed by atoms with Crippen molar-refractivity contribution in [3.63, 3.8) is 0 Å². The molecular formula is C29H32O17. The zero-order chi connectivity index (χ0) is 33.6. The maximum absolute atomic E-state index is 13.9. The summed E-state index contributed by atoms with van der Waals surface area (Å²) in [7, 11) is 0. The molecular weight excluding hydrogens is 620 g/mol. The molecule has 0 spiro atoms. The Morgan fingerprint density at radius 3 is 2.09 bits per heavy atom. The normalized spacial score (nSPS) is 31.4. The van der Waals surface area contributed by atoms with Gasteiger partial charge in [0.15, 0.2) is 17.3 Å². The third kappa shape index (κ3) is 6.26. The molecule has 2 fully saturated rings. The molecule has 2 saturated heterocycles. The first-order chi connectivity index (χ1) is 21.7. The van der Waals surface area contributed by atoms with E-state index in [1.807, 2.05) is 0 Å². The summed E-state index contributed by atoms with van der Waals surface area (Å²) < 4.78 is 33.0. The molecule has 17 heteroatoms. The Balaban J connectivity index is 1.58. The maximum atomic E-state index is 13.9. The summed E-state index contributed by atoms with van der Waals surface area (Å²) in [5, 5.41) is 92.1. The van der Waals surface area contributed by atoms with E-state index >= 15 is 0 Å². The Morgan fingerprint density at radius 1 is 0.783 bits per heavy atom. The van der Waals surface area contributed by atoms with Crippen LogP contribution in [0, 0.1) is 0 Å². The van der Waals surface area contributed by atoms with Crippen molar-refractivity contribution in [2.24, 2.45) is 0 Å². The van der Waals surface area contributed by atoms with Gasteiger partial charge in [0, 0.05) is 24.6 Å². The number of phenols is 3. The SMILES string of the molecule is CC(=O)OC[C@@H]1O[C@@H](Oc2c(-c3ccc(O)c(O)c3)oc3cc(O[C@@H]4O[C@H](C)[C@H](O)[C@H](O)[C@H]4O)cc(O)c3c2=O)[C@@H](O)[C@H](O)[C@H]1O. The summed E-state index contributed by atoms with van der Waals surface area (Å²) in [4.78, 5) is 25.1. The predicted octanol–water partition coefficient (Wildman–Crippen LogP) is -1.47. The standard InChI is InChI=1S/C29H32O17/c1-9-19(34)22(37)24(39)28(42-9)43-12-6-15(33)18-16(7-12)44-26(11-3-4-13(31)14(32)5-11)27(21(18)36)46-29-25(40)23(38)20(35)17(45-29)8-41-10(2)30/h3-7,9,17,19-20,22-25,28-29,31-35,37-40H,8H2,1-2H3/t9-,17+,19+,20+,22+,23-,24-,25+,28+,29+/m1/s1. The summed E-state index contributed by atoms with van der Waals surface area (Å²) in [5.41, 5.74) is -1.45. The van der Waals surface area contributed by atoms with Gasteiger partial charge in [0.25, 0.3) is 0 Å². The number of phenolic OH excluding ortho intramolecular Hbond substituents is 3. The molecule has 0 unspecified atom stereocenters. The number of aliphatic hydroxyl groups is 6. The molecule has 17 nitrogen and oxygen atoms in total. The smallest absolute Gasteiger partial charge is 0.302 e. The molecule has 2 aliphatic heterocycles. The molecule has 5 rings (SSSR count). The van der Waals surface area contributed by atoms with E-state index in [4.69, 9.17) is 28.1 Å². The van der Waals surface area contributed by atoms with Crippen LogP contribution in [0.1, 0.15) is 13.8 Å². The van der Waals surface area contributed by atoms with Crippen LogP contribution in [0.25, 0.3) is 22.3 Å². The second kappa shape index (κ2) is 12.9. The van der Waals surface area contributed by atoms with Gasteiger partial charge in [0.05, 0.1) is 6.10 Å². The number of benzene rings is 2. The fraction of sp³-hybridized carbons (Fsp3) is 0.448. The Kier molecular flexibility index (Phi) is 9.30. The second-order valence-corrected chi connectivity index (χ2v) is 10.8. The second-order valence-electron chi connectivity index (χ2n) is 10.8. The summed E-state index contributed by atoms with van der Waals surface area (Å²) in [6, 6.07) is 5.40. The first-order valence-corrected chi connectivity index (χ1v) is 13.9. The molecule has 2 aromatic carbocycles. The molecule has 0 amide bonds. The summed E-state index contributed by atoms with van der Waals surface area (Å²) >= 11 is 0. The van der Waals surface area contributed by atoms with Crippen molar-refractivity contribution in [2.75, 3.05) is 6.61 Å². The quantitative estimate of drug-likeness (QED) is 0.104. The first-order valence-electron chi connectivity index (χ1n) is 13.9. The van der Waals surface area contributed by atoms with Crippen molar-refractivity contribution in [1.82, 2.24) is 0 Å². The lowest BCUT2D eigenvalue weighted by Crippen LogP contribution is -2.60. The number of hydrogen-bond acceptors (Lipinski definition) is 17. The maximum Gasteiger partial charge on any atom is 0.302 e. The van der Waals surface area contributed by atoms with Crippen LogP contribution in [-0.4, -0.2) is 120 Å². The number of rotatable bonds is 7. The number of carbonyl (C=O) groups excluding carboxylic acids is 1. The number of fused-ring (bicyclic) bond motifs is 1. The number of hydrogen-bond donors (Lipinski definition) is 9. The van der Waals surface area contributed by atoms with E-state index < -0.39 is 114 Å². The molecule has 2 aliphatic rings. The summed E-state index contributed by atoms with van der Waals surface area (Å²) in [6.07, 6.45) is -16.1. The fourth-order valence-electron chi connectivity index (χ4n) is 5.00.